The van der Waals surface area contributed by atoms with Crippen molar-refractivity contribution in [1.29, 1.82) is 0 Å². The van der Waals surface area contributed by atoms with Gasteiger partial charge in [0.1, 0.15) is 18.8 Å². The summed E-state index contributed by atoms with van der Waals surface area (Å²) >= 11 is 0. The molecule has 0 bridgehead atoms. The third-order valence-corrected chi connectivity index (χ3v) is 2.86. The first-order valence-electron chi connectivity index (χ1n) is 5.83. The van der Waals surface area contributed by atoms with Crippen LogP contribution in [0.15, 0.2) is 35.3 Å². The lowest BCUT2D eigenvalue weighted by Crippen LogP contribution is -2.42. The van der Waals surface area contributed by atoms with E-state index < -0.39 is 24.2 Å². The highest BCUT2D eigenvalue weighted by atomic mass is 16.5. The molecule has 6 nitrogen and oxygen atoms in total. The van der Waals surface area contributed by atoms with Crippen LogP contribution in [-0.2, 0) is 14.3 Å². The molecular formula is C13H15NO5. The van der Waals surface area contributed by atoms with Crippen molar-refractivity contribution in [2.45, 2.75) is 18.2 Å². The Hall–Kier alpha value is -1.92. The van der Waals surface area contributed by atoms with Crippen molar-refractivity contribution in [2.24, 2.45) is 4.99 Å². The Balaban J connectivity index is 2.08. The van der Waals surface area contributed by atoms with E-state index in [1.54, 1.807) is 0 Å². The Labute approximate surface area is 110 Å². The summed E-state index contributed by atoms with van der Waals surface area (Å²) in [4.78, 5) is 15.3. The number of methoxy groups -OCH3 is 1. The summed E-state index contributed by atoms with van der Waals surface area (Å²) in [6.45, 7) is 0.111. The molecule has 0 radical (unpaired) electrons. The summed E-state index contributed by atoms with van der Waals surface area (Å²) in [5, 5.41) is 19.4. The van der Waals surface area contributed by atoms with Gasteiger partial charge in [0.2, 0.25) is 5.90 Å². The third-order valence-electron chi connectivity index (χ3n) is 2.86. The minimum atomic E-state index is -1.63. The molecule has 3 atom stereocenters. The molecule has 0 aliphatic carbocycles. The fourth-order valence-electron chi connectivity index (χ4n) is 1.77. The van der Waals surface area contributed by atoms with E-state index in [1.165, 1.54) is 0 Å². The number of aliphatic hydroxyl groups is 2. The smallest absolute Gasteiger partial charge is 0.337 e. The number of ether oxygens (including phenoxy) is 2. The summed E-state index contributed by atoms with van der Waals surface area (Å²) in [6.07, 6.45) is -2.98. The molecule has 102 valence electrons. The molecule has 0 fully saturated rings. The Morgan fingerprint density at radius 1 is 1.42 bits per heavy atom. The zero-order valence-electron chi connectivity index (χ0n) is 10.4. The van der Waals surface area contributed by atoms with E-state index in [0.717, 1.165) is 12.7 Å². The fourth-order valence-corrected chi connectivity index (χ4v) is 1.77. The zero-order valence-corrected chi connectivity index (χ0v) is 10.4. The molecule has 2 rings (SSSR count). The number of carbonyl (C=O) groups is 1. The van der Waals surface area contributed by atoms with E-state index in [4.69, 9.17) is 4.74 Å². The quantitative estimate of drug-likeness (QED) is 0.731. The molecule has 0 amide bonds. The molecule has 1 aliphatic rings. The number of nitrogens with zero attached hydrogens (tertiary/aromatic N) is 1. The molecule has 0 aromatic heterocycles. The second-order valence-electron chi connectivity index (χ2n) is 4.14. The van der Waals surface area contributed by atoms with Gasteiger partial charge in [0.15, 0.2) is 6.10 Å². The van der Waals surface area contributed by atoms with Crippen LogP contribution >= 0.6 is 0 Å². The van der Waals surface area contributed by atoms with Gasteiger partial charge in [0.25, 0.3) is 0 Å². The van der Waals surface area contributed by atoms with Crippen molar-refractivity contribution in [3.63, 3.8) is 0 Å². The van der Waals surface area contributed by atoms with Gasteiger partial charge in [-0.25, -0.2) is 9.79 Å². The lowest BCUT2D eigenvalue weighted by molar-refractivity contribution is -0.157. The Morgan fingerprint density at radius 2 is 2.11 bits per heavy atom. The van der Waals surface area contributed by atoms with Crippen LogP contribution in [0.5, 0.6) is 0 Å². The predicted molar refractivity (Wildman–Crippen MR) is 66.7 cm³/mol. The van der Waals surface area contributed by atoms with E-state index in [1.807, 2.05) is 30.3 Å². The van der Waals surface area contributed by atoms with E-state index >= 15 is 0 Å². The van der Waals surface area contributed by atoms with Gasteiger partial charge in [-0.05, 0) is 12.1 Å². The topological polar surface area (TPSA) is 88.4 Å². The lowest BCUT2D eigenvalue weighted by atomic mass is 10.1. The van der Waals surface area contributed by atoms with Crippen LogP contribution < -0.4 is 0 Å². The molecule has 1 aromatic rings. The monoisotopic (exact) mass is 265 g/mol. The van der Waals surface area contributed by atoms with Crippen LogP contribution in [0.25, 0.3) is 0 Å². The van der Waals surface area contributed by atoms with Crippen LogP contribution in [0.1, 0.15) is 5.56 Å². The Bertz CT molecular complexity index is 473. The molecule has 0 saturated heterocycles. The SMILES string of the molecule is COC(=O)[C@H](O)[C@H](O)[C@H]1COC(c2ccccc2)=N1. The number of carbonyl (C=O) groups excluding carboxylic acids is 1. The minimum Gasteiger partial charge on any atom is -0.475 e. The van der Waals surface area contributed by atoms with Crippen molar-refractivity contribution in [3.05, 3.63) is 35.9 Å². The maximum atomic E-state index is 11.1. The van der Waals surface area contributed by atoms with Gasteiger partial charge in [0.05, 0.1) is 7.11 Å². The number of hydrogen-bond acceptors (Lipinski definition) is 6. The second-order valence-corrected chi connectivity index (χ2v) is 4.14. The summed E-state index contributed by atoms with van der Waals surface area (Å²) < 4.78 is 9.73. The zero-order chi connectivity index (χ0) is 13.8. The molecule has 2 N–H and O–H groups in total. The molecule has 6 heteroatoms. The van der Waals surface area contributed by atoms with Gasteiger partial charge in [-0.3, -0.25) is 0 Å². The van der Waals surface area contributed by atoms with Crippen LogP contribution in [0.3, 0.4) is 0 Å². The van der Waals surface area contributed by atoms with Gasteiger partial charge in [0, 0.05) is 5.56 Å². The summed E-state index contributed by atoms with van der Waals surface area (Å²) in [5.74, 6) is -0.502. The van der Waals surface area contributed by atoms with Crippen LogP contribution in [0, 0.1) is 0 Å². The van der Waals surface area contributed by atoms with E-state index in [2.05, 4.69) is 9.73 Å². The van der Waals surface area contributed by atoms with E-state index in [9.17, 15) is 15.0 Å². The predicted octanol–water partition coefficient (Wildman–Crippen LogP) is -0.273. The fraction of sp³-hybridized carbons (Fsp3) is 0.385. The molecule has 0 saturated carbocycles. The number of benzene rings is 1. The van der Waals surface area contributed by atoms with Crippen LogP contribution in [0.4, 0.5) is 0 Å². The molecule has 1 aliphatic heterocycles. The molecular weight excluding hydrogens is 250 g/mol. The maximum Gasteiger partial charge on any atom is 0.337 e. The van der Waals surface area contributed by atoms with Gasteiger partial charge in [-0.1, -0.05) is 18.2 Å². The first-order chi connectivity index (χ1) is 9.13. The Morgan fingerprint density at radius 3 is 2.74 bits per heavy atom. The third kappa shape index (κ3) is 2.91. The van der Waals surface area contributed by atoms with Gasteiger partial charge in [-0.15, -0.1) is 0 Å². The first kappa shape index (κ1) is 13.5. The summed E-state index contributed by atoms with van der Waals surface area (Å²) in [5.41, 5.74) is 0.782. The average molecular weight is 265 g/mol. The summed E-state index contributed by atoms with van der Waals surface area (Å²) in [6, 6.07) is 8.51. The molecule has 19 heavy (non-hydrogen) atoms. The molecule has 0 spiro atoms. The van der Waals surface area contributed by atoms with Gasteiger partial charge >= 0.3 is 5.97 Å². The minimum absolute atomic E-state index is 0.111. The number of rotatable bonds is 4. The first-order valence-corrected chi connectivity index (χ1v) is 5.83. The largest absolute Gasteiger partial charge is 0.475 e. The second kappa shape index (κ2) is 5.81. The normalized spacial score (nSPS) is 21.2. The van der Waals surface area contributed by atoms with Crippen molar-refractivity contribution in [3.8, 4) is 0 Å². The van der Waals surface area contributed by atoms with E-state index in [0.29, 0.717) is 5.90 Å². The highest BCUT2D eigenvalue weighted by Crippen LogP contribution is 2.16. The molecule has 1 aromatic carbocycles. The number of aliphatic imine (C=N–C) groups is 1. The van der Waals surface area contributed by atoms with Crippen LogP contribution in [0.2, 0.25) is 0 Å². The highest BCUT2D eigenvalue weighted by Gasteiger charge is 2.35. The number of hydrogen-bond donors (Lipinski definition) is 2. The average Bonchev–Trinajstić information content (AvgIpc) is 2.95. The van der Waals surface area contributed by atoms with Crippen LogP contribution in [-0.4, -0.2) is 54.0 Å². The maximum absolute atomic E-state index is 11.1. The van der Waals surface area contributed by atoms with Crippen molar-refractivity contribution in [2.75, 3.05) is 13.7 Å². The van der Waals surface area contributed by atoms with Gasteiger partial charge < -0.3 is 19.7 Å². The highest BCUT2D eigenvalue weighted by molar-refractivity contribution is 5.95. The number of aliphatic hydroxyl groups excluding tert-OH is 2. The molecule has 0 unspecified atom stereocenters. The number of esters is 1. The standard InChI is InChI=1S/C13H15NO5/c1-18-13(17)11(16)10(15)9-7-19-12(14-9)8-5-3-2-4-6-8/h2-6,9-11,15-16H,7H2,1H3/t9-,10-,11-/m1/s1. The van der Waals surface area contributed by atoms with Crippen molar-refractivity contribution in [1.82, 2.24) is 0 Å². The van der Waals surface area contributed by atoms with Crippen molar-refractivity contribution < 1.29 is 24.5 Å². The van der Waals surface area contributed by atoms with E-state index in [-0.39, 0.29) is 6.61 Å². The van der Waals surface area contributed by atoms with Crippen molar-refractivity contribution >= 4 is 11.9 Å². The Kier molecular flexibility index (Phi) is 4.13. The van der Waals surface area contributed by atoms with Gasteiger partial charge in [-0.2, -0.15) is 0 Å². The summed E-state index contributed by atoms with van der Waals surface area (Å²) in [7, 11) is 1.14. The molecule has 1 heterocycles. The lowest BCUT2D eigenvalue weighted by Gasteiger charge is -2.18.